The van der Waals surface area contributed by atoms with E-state index in [2.05, 4.69) is 15.4 Å². The normalized spacial score (nSPS) is 33.9. The van der Waals surface area contributed by atoms with Crippen molar-refractivity contribution < 1.29 is 9.47 Å². The van der Waals surface area contributed by atoms with Gasteiger partial charge in [-0.25, -0.2) is 10.4 Å². The van der Waals surface area contributed by atoms with Crippen LogP contribution in [0.1, 0.15) is 31.1 Å². The van der Waals surface area contributed by atoms with E-state index < -0.39 is 0 Å². The number of hydrazine groups is 1. The maximum atomic E-state index is 5.94. The van der Waals surface area contributed by atoms with Crippen molar-refractivity contribution in [2.75, 3.05) is 19.8 Å². The largest absolute Gasteiger partial charge is 0.378 e. The van der Waals surface area contributed by atoms with Gasteiger partial charge in [0, 0.05) is 32.0 Å². The molecule has 1 aromatic heterocycles. The van der Waals surface area contributed by atoms with Crippen LogP contribution in [0.2, 0.25) is 0 Å². The summed E-state index contributed by atoms with van der Waals surface area (Å²) in [6.07, 6.45) is 6.54. The Morgan fingerprint density at radius 1 is 1.56 bits per heavy atom. The molecule has 2 aliphatic rings. The van der Waals surface area contributed by atoms with E-state index in [0.717, 1.165) is 38.3 Å². The number of aromatic nitrogens is 2. The number of nitrogens with one attached hydrogen (secondary N) is 2. The predicted octanol–water partition coefficient (Wildman–Crippen LogP) is 0.500. The lowest BCUT2D eigenvalue weighted by Gasteiger charge is -2.39. The van der Waals surface area contributed by atoms with Gasteiger partial charge in [-0.15, -0.1) is 0 Å². The van der Waals surface area contributed by atoms with Gasteiger partial charge in [0.05, 0.1) is 18.2 Å². The second-order valence-corrected chi connectivity index (χ2v) is 5.21. The molecule has 6 heteroatoms. The first kappa shape index (κ1) is 12.1. The van der Waals surface area contributed by atoms with Gasteiger partial charge in [-0.3, -0.25) is 5.84 Å². The summed E-state index contributed by atoms with van der Waals surface area (Å²) in [6, 6.07) is 0.0568. The molecule has 18 heavy (non-hydrogen) atoms. The molecule has 1 spiro atoms. The summed E-state index contributed by atoms with van der Waals surface area (Å²) < 4.78 is 11.4. The number of nitrogens with zero attached hydrogens (tertiary/aromatic N) is 1. The van der Waals surface area contributed by atoms with Gasteiger partial charge in [0.25, 0.3) is 0 Å². The molecule has 4 N–H and O–H groups in total. The highest BCUT2D eigenvalue weighted by molar-refractivity contribution is 5.01. The summed E-state index contributed by atoms with van der Waals surface area (Å²) in [5.74, 6) is 7.03. The smallest absolute Gasteiger partial charge is 0.124 e. The van der Waals surface area contributed by atoms with Crippen LogP contribution in [-0.2, 0) is 9.47 Å². The maximum Gasteiger partial charge on any atom is 0.124 e. The van der Waals surface area contributed by atoms with E-state index in [0.29, 0.717) is 12.5 Å². The van der Waals surface area contributed by atoms with Gasteiger partial charge >= 0.3 is 0 Å². The Hall–Kier alpha value is -0.950. The van der Waals surface area contributed by atoms with Gasteiger partial charge in [0.15, 0.2) is 0 Å². The minimum absolute atomic E-state index is 0.0568. The van der Waals surface area contributed by atoms with Crippen molar-refractivity contribution in [3.05, 3.63) is 18.2 Å². The minimum atomic E-state index is -0.0926. The van der Waals surface area contributed by atoms with Crippen LogP contribution in [-0.4, -0.2) is 35.4 Å². The standard InChI is InChI=1S/C12H20N4O2/c13-16-10(11-14-3-4-15-11)9-1-5-18-12(7-9)2-6-17-8-12/h3-4,9-10,16H,1-2,5-8,13H2,(H,14,15). The highest BCUT2D eigenvalue weighted by Crippen LogP contribution is 2.40. The fourth-order valence-corrected chi connectivity index (χ4v) is 3.10. The summed E-state index contributed by atoms with van der Waals surface area (Å²) in [5, 5.41) is 0. The monoisotopic (exact) mass is 252 g/mol. The van der Waals surface area contributed by atoms with Gasteiger partial charge in [0.1, 0.15) is 5.82 Å². The van der Waals surface area contributed by atoms with E-state index in [9.17, 15) is 0 Å². The van der Waals surface area contributed by atoms with Crippen LogP contribution in [0.3, 0.4) is 0 Å². The van der Waals surface area contributed by atoms with Crippen LogP contribution in [0, 0.1) is 5.92 Å². The summed E-state index contributed by atoms with van der Waals surface area (Å²) in [7, 11) is 0. The zero-order valence-corrected chi connectivity index (χ0v) is 10.4. The van der Waals surface area contributed by atoms with Crippen molar-refractivity contribution in [2.24, 2.45) is 11.8 Å². The third-order valence-electron chi connectivity index (χ3n) is 4.06. The Morgan fingerprint density at radius 2 is 2.50 bits per heavy atom. The second-order valence-electron chi connectivity index (χ2n) is 5.21. The van der Waals surface area contributed by atoms with E-state index >= 15 is 0 Å². The topological polar surface area (TPSA) is 85.2 Å². The number of aromatic amines is 1. The number of rotatable bonds is 3. The Balaban J connectivity index is 1.74. The van der Waals surface area contributed by atoms with Crippen LogP contribution in [0.25, 0.3) is 0 Å². The Kier molecular flexibility index (Phi) is 3.34. The number of hydrogen-bond donors (Lipinski definition) is 3. The van der Waals surface area contributed by atoms with Crippen molar-refractivity contribution in [2.45, 2.75) is 30.9 Å². The fraction of sp³-hybridized carbons (Fsp3) is 0.750. The Bertz CT molecular complexity index is 375. The molecule has 0 bridgehead atoms. The molecule has 6 nitrogen and oxygen atoms in total. The number of ether oxygens (including phenoxy) is 2. The van der Waals surface area contributed by atoms with Crippen molar-refractivity contribution in [1.29, 1.82) is 0 Å². The SMILES string of the molecule is NNC(c1ncc[nH]1)C1CCOC2(CCOC2)C1. The van der Waals surface area contributed by atoms with Crippen molar-refractivity contribution >= 4 is 0 Å². The molecule has 3 unspecified atom stereocenters. The molecule has 100 valence electrons. The molecule has 2 aliphatic heterocycles. The third-order valence-corrected chi connectivity index (χ3v) is 4.06. The van der Waals surface area contributed by atoms with E-state index in [4.69, 9.17) is 15.3 Å². The van der Waals surface area contributed by atoms with Crippen molar-refractivity contribution in [3.8, 4) is 0 Å². The summed E-state index contributed by atoms with van der Waals surface area (Å²) in [6.45, 7) is 2.28. The maximum absolute atomic E-state index is 5.94. The van der Waals surface area contributed by atoms with Crippen LogP contribution < -0.4 is 11.3 Å². The van der Waals surface area contributed by atoms with Crippen LogP contribution in [0.4, 0.5) is 0 Å². The molecule has 0 amide bonds. The predicted molar refractivity (Wildman–Crippen MR) is 65.5 cm³/mol. The quantitative estimate of drug-likeness (QED) is 0.539. The molecule has 2 fully saturated rings. The van der Waals surface area contributed by atoms with Gasteiger partial charge in [-0.1, -0.05) is 0 Å². The average molecular weight is 252 g/mol. The van der Waals surface area contributed by atoms with Gasteiger partial charge in [-0.2, -0.15) is 0 Å². The van der Waals surface area contributed by atoms with E-state index in [1.807, 2.05) is 6.20 Å². The number of H-pyrrole nitrogens is 1. The molecule has 0 aliphatic carbocycles. The molecule has 0 aromatic carbocycles. The van der Waals surface area contributed by atoms with Gasteiger partial charge < -0.3 is 14.5 Å². The van der Waals surface area contributed by atoms with Crippen molar-refractivity contribution in [1.82, 2.24) is 15.4 Å². The first-order valence-electron chi connectivity index (χ1n) is 6.50. The lowest BCUT2D eigenvalue weighted by atomic mass is 9.81. The molecule has 3 rings (SSSR count). The lowest BCUT2D eigenvalue weighted by molar-refractivity contribution is -0.103. The Labute approximate surface area is 106 Å². The molecular weight excluding hydrogens is 232 g/mol. The summed E-state index contributed by atoms with van der Waals surface area (Å²) in [4.78, 5) is 7.45. The van der Waals surface area contributed by atoms with Gasteiger partial charge in [-0.05, 0) is 18.8 Å². The Morgan fingerprint density at radius 3 is 3.17 bits per heavy atom. The average Bonchev–Trinajstić information content (AvgIpc) is 3.03. The lowest BCUT2D eigenvalue weighted by Crippen LogP contribution is -2.45. The minimum Gasteiger partial charge on any atom is -0.378 e. The first-order valence-corrected chi connectivity index (χ1v) is 6.50. The van der Waals surface area contributed by atoms with Crippen LogP contribution in [0.15, 0.2) is 12.4 Å². The first-order chi connectivity index (χ1) is 8.83. The number of imidazole rings is 1. The van der Waals surface area contributed by atoms with E-state index in [1.165, 1.54) is 0 Å². The molecule has 3 heterocycles. The van der Waals surface area contributed by atoms with Gasteiger partial charge in [0.2, 0.25) is 0 Å². The molecule has 3 atom stereocenters. The number of nitrogens with two attached hydrogens (primary N) is 1. The summed E-state index contributed by atoms with van der Waals surface area (Å²) >= 11 is 0. The molecule has 2 saturated heterocycles. The van der Waals surface area contributed by atoms with Crippen LogP contribution >= 0.6 is 0 Å². The fourth-order valence-electron chi connectivity index (χ4n) is 3.10. The molecule has 0 saturated carbocycles. The highest BCUT2D eigenvalue weighted by atomic mass is 16.6. The summed E-state index contributed by atoms with van der Waals surface area (Å²) in [5.41, 5.74) is 2.80. The molecule has 0 radical (unpaired) electrons. The van der Waals surface area contributed by atoms with Crippen LogP contribution in [0.5, 0.6) is 0 Å². The zero-order chi connectivity index (χ0) is 12.4. The highest BCUT2D eigenvalue weighted by Gasteiger charge is 2.43. The molecular formula is C12H20N4O2. The molecule has 1 aromatic rings. The second kappa shape index (κ2) is 4.97. The van der Waals surface area contributed by atoms with E-state index in [-0.39, 0.29) is 11.6 Å². The van der Waals surface area contributed by atoms with E-state index in [1.54, 1.807) is 6.20 Å². The van der Waals surface area contributed by atoms with Crippen molar-refractivity contribution in [3.63, 3.8) is 0 Å². The third kappa shape index (κ3) is 2.16. The zero-order valence-electron chi connectivity index (χ0n) is 10.4. The number of hydrogen-bond acceptors (Lipinski definition) is 5.